The number of ether oxygens (including phenoxy) is 2. The van der Waals surface area contributed by atoms with Gasteiger partial charge in [-0.1, -0.05) is 6.92 Å². The van der Waals surface area contributed by atoms with Crippen molar-refractivity contribution in [2.24, 2.45) is 0 Å². The van der Waals surface area contributed by atoms with Crippen LogP contribution in [0.3, 0.4) is 0 Å². The maximum Gasteiger partial charge on any atom is 0.347 e. The van der Waals surface area contributed by atoms with Crippen LogP contribution < -0.4 is 9.47 Å². The van der Waals surface area contributed by atoms with Gasteiger partial charge in [0.05, 0.1) is 18.4 Å². The molecule has 2 rings (SSSR count). The van der Waals surface area contributed by atoms with Crippen LogP contribution in [0.4, 0.5) is 0 Å². The number of rotatable bonds is 8. The number of benzene rings is 1. The zero-order valence-corrected chi connectivity index (χ0v) is 15.1. The molecular weight excluding hydrogens is 328 g/mol. The lowest BCUT2D eigenvalue weighted by atomic mass is 10.2. The van der Waals surface area contributed by atoms with E-state index in [1.54, 1.807) is 13.2 Å². The number of carbonyl (C=O) groups is 1. The summed E-state index contributed by atoms with van der Waals surface area (Å²) in [7, 11) is 5.55. The van der Waals surface area contributed by atoms with E-state index in [0.29, 0.717) is 35.2 Å². The molecule has 0 aliphatic carbocycles. The van der Waals surface area contributed by atoms with Gasteiger partial charge in [-0.25, -0.2) is 9.78 Å². The third-order valence-electron chi connectivity index (χ3n) is 3.44. The van der Waals surface area contributed by atoms with E-state index in [1.807, 2.05) is 38.1 Å². The first-order valence-electron chi connectivity index (χ1n) is 7.65. The Kier molecular flexibility index (Phi) is 6.16. The van der Waals surface area contributed by atoms with E-state index in [1.165, 1.54) is 11.3 Å². The molecule has 1 N–H and O–H groups in total. The third-order valence-corrected chi connectivity index (χ3v) is 4.56. The second-order valence-corrected chi connectivity index (χ2v) is 6.47. The number of carboxylic acids is 1. The quantitative estimate of drug-likeness (QED) is 0.789. The molecule has 0 amide bonds. The number of aromatic nitrogens is 1. The summed E-state index contributed by atoms with van der Waals surface area (Å²) in [6.45, 7) is 3.19. The normalized spacial score (nSPS) is 10.9. The van der Waals surface area contributed by atoms with Gasteiger partial charge < -0.3 is 19.5 Å². The first-order valence-corrected chi connectivity index (χ1v) is 8.46. The molecule has 0 radical (unpaired) electrons. The van der Waals surface area contributed by atoms with Crippen LogP contribution in [0.1, 0.15) is 22.3 Å². The van der Waals surface area contributed by atoms with Crippen molar-refractivity contribution in [2.75, 3.05) is 34.4 Å². The number of thiazole rings is 1. The van der Waals surface area contributed by atoms with E-state index in [-0.39, 0.29) is 4.88 Å². The minimum atomic E-state index is -0.945. The molecule has 6 nitrogen and oxygen atoms in total. The van der Waals surface area contributed by atoms with Gasteiger partial charge in [0.1, 0.15) is 28.0 Å². The highest BCUT2D eigenvalue weighted by Gasteiger charge is 2.19. The van der Waals surface area contributed by atoms with E-state index in [2.05, 4.69) is 4.98 Å². The first kappa shape index (κ1) is 18.2. The van der Waals surface area contributed by atoms with Crippen molar-refractivity contribution in [2.45, 2.75) is 13.3 Å². The monoisotopic (exact) mass is 350 g/mol. The van der Waals surface area contributed by atoms with Gasteiger partial charge in [0.2, 0.25) is 0 Å². The summed E-state index contributed by atoms with van der Waals surface area (Å²) < 4.78 is 11.1. The molecule has 0 spiro atoms. The summed E-state index contributed by atoms with van der Waals surface area (Å²) in [5.41, 5.74) is 1.37. The Morgan fingerprint density at radius 3 is 2.67 bits per heavy atom. The molecule has 2 aromatic rings. The van der Waals surface area contributed by atoms with Crippen LogP contribution in [0.2, 0.25) is 0 Å². The number of hydrogen-bond acceptors (Lipinski definition) is 6. The van der Waals surface area contributed by atoms with Gasteiger partial charge in [0.25, 0.3) is 0 Å². The van der Waals surface area contributed by atoms with Crippen molar-refractivity contribution < 1.29 is 19.4 Å². The second kappa shape index (κ2) is 8.12. The van der Waals surface area contributed by atoms with Gasteiger partial charge in [0, 0.05) is 12.6 Å². The minimum absolute atomic E-state index is 0.280. The number of methoxy groups -OCH3 is 1. The predicted octanol–water partition coefficient (Wildman–Crippen LogP) is 3.02. The largest absolute Gasteiger partial charge is 0.497 e. The fourth-order valence-corrected chi connectivity index (χ4v) is 3.16. The van der Waals surface area contributed by atoms with Crippen molar-refractivity contribution in [3.05, 3.63) is 28.8 Å². The topological polar surface area (TPSA) is 71.9 Å². The fourth-order valence-electron chi connectivity index (χ4n) is 2.14. The summed E-state index contributed by atoms with van der Waals surface area (Å²) in [4.78, 5) is 18.2. The molecule has 0 aliphatic heterocycles. The Morgan fingerprint density at radius 2 is 2.12 bits per heavy atom. The highest BCUT2D eigenvalue weighted by Crippen LogP contribution is 2.37. The molecule has 0 unspecified atom stereocenters. The van der Waals surface area contributed by atoms with Crippen LogP contribution in [-0.4, -0.2) is 55.3 Å². The van der Waals surface area contributed by atoms with Crippen LogP contribution in [-0.2, 0) is 6.42 Å². The van der Waals surface area contributed by atoms with Gasteiger partial charge in [-0.2, -0.15) is 0 Å². The Hall–Kier alpha value is -2.12. The Morgan fingerprint density at radius 1 is 1.38 bits per heavy atom. The molecule has 0 atom stereocenters. The van der Waals surface area contributed by atoms with Gasteiger partial charge >= 0.3 is 5.97 Å². The van der Waals surface area contributed by atoms with Crippen molar-refractivity contribution in [1.29, 1.82) is 0 Å². The minimum Gasteiger partial charge on any atom is -0.497 e. The SMILES string of the molecule is CCc1nc(-c2ccc(OC)cc2OCCN(C)C)sc1C(=O)O. The molecule has 0 saturated heterocycles. The zero-order chi connectivity index (χ0) is 17.7. The standard InChI is InChI=1S/C17H22N2O4S/c1-5-13-15(17(20)21)24-16(18-13)12-7-6-11(22-4)10-14(12)23-9-8-19(2)3/h6-7,10H,5,8-9H2,1-4H3,(H,20,21). The maximum absolute atomic E-state index is 11.4. The predicted molar refractivity (Wildman–Crippen MR) is 94.5 cm³/mol. The van der Waals surface area contributed by atoms with Crippen LogP contribution >= 0.6 is 11.3 Å². The number of aromatic carboxylic acids is 1. The summed E-state index contributed by atoms with van der Waals surface area (Å²) in [6, 6.07) is 5.48. The van der Waals surface area contributed by atoms with Crippen molar-refractivity contribution >= 4 is 17.3 Å². The molecule has 1 aromatic heterocycles. The first-order chi connectivity index (χ1) is 11.5. The number of aryl methyl sites for hydroxylation is 1. The second-order valence-electron chi connectivity index (χ2n) is 5.47. The number of carboxylic acid groups (broad SMARTS) is 1. The Bertz CT molecular complexity index is 713. The lowest BCUT2D eigenvalue weighted by Crippen LogP contribution is -2.19. The number of likely N-dealkylation sites (N-methyl/N-ethyl adjacent to an activating group) is 1. The van der Waals surface area contributed by atoms with E-state index < -0.39 is 5.97 Å². The number of nitrogens with zero attached hydrogens (tertiary/aromatic N) is 2. The van der Waals surface area contributed by atoms with Gasteiger partial charge in [-0.15, -0.1) is 11.3 Å². The maximum atomic E-state index is 11.4. The van der Waals surface area contributed by atoms with Crippen LogP contribution in [0.5, 0.6) is 11.5 Å². The number of hydrogen-bond donors (Lipinski definition) is 1. The van der Waals surface area contributed by atoms with Gasteiger partial charge in [0.15, 0.2) is 0 Å². The Labute approximate surface area is 145 Å². The molecule has 1 aromatic carbocycles. The molecule has 1 heterocycles. The van der Waals surface area contributed by atoms with Crippen LogP contribution in [0, 0.1) is 0 Å². The fraction of sp³-hybridized carbons (Fsp3) is 0.412. The molecule has 0 bridgehead atoms. The van der Waals surface area contributed by atoms with E-state index in [4.69, 9.17) is 9.47 Å². The summed E-state index contributed by atoms with van der Waals surface area (Å²) >= 11 is 1.17. The van der Waals surface area contributed by atoms with Crippen LogP contribution in [0.25, 0.3) is 10.6 Å². The van der Waals surface area contributed by atoms with E-state index in [0.717, 1.165) is 12.1 Å². The van der Waals surface area contributed by atoms with Gasteiger partial charge in [-0.3, -0.25) is 0 Å². The molecule has 0 aliphatic rings. The molecule has 7 heteroatoms. The highest BCUT2D eigenvalue weighted by atomic mass is 32.1. The average Bonchev–Trinajstić information content (AvgIpc) is 2.98. The molecule has 0 saturated carbocycles. The van der Waals surface area contributed by atoms with Crippen molar-refractivity contribution in [3.8, 4) is 22.1 Å². The summed E-state index contributed by atoms with van der Waals surface area (Å²) in [6.07, 6.45) is 0.575. The molecule has 0 fully saturated rings. The Balaban J connectivity index is 2.39. The zero-order valence-electron chi connectivity index (χ0n) is 14.3. The molecular formula is C17H22N2O4S. The summed E-state index contributed by atoms with van der Waals surface area (Å²) in [5, 5.41) is 9.97. The average molecular weight is 350 g/mol. The highest BCUT2D eigenvalue weighted by molar-refractivity contribution is 7.17. The lowest BCUT2D eigenvalue weighted by molar-refractivity contribution is 0.0701. The lowest BCUT2D eigenvalue weighted by Gasteiger charge is -2.14. The van der Waals surface area contributed by atoms with E-state index in [9.17, 15) is 9.90 Å². The third kappa shape index (κ3) is 4.24. The van der Waals surface area contributed by atoms with Crippen molar-refractivity contribution in [3.63, 3.8) is 0 Å². The van der Waals surface area contributed by atoms with Crippen molar-refractivity contribution in [1.82, 2.24) is 9.88 Å². The smallest absolute Gasteiger partial charge is 0.347 e. The van der Waals surface area contributed by atoms with Gasteiger partial charge in [-0.05, 0) is 32.6 Å². The van der Waals surface area contributed by atoms with E-state index >= 15 is 0 Å². The molecule has 130 valence electrons. The molecule has 24 heavy (non-hydrogen) atoms. The summed E-state index contributed by atoms with van der Waals surface area (Å²) in [5.74, 6) is 0.382. The van der Waals surface area contributed by atoms with Crippen LogP contribution in [0.15, 0.2) is 18.2 Å².